The minimum atomic E-state index is 0.549. The molecular formula is C19H19NO2. The number of benzene rings is 2. The maximum atomic E-state index is 9.44. The zero-order valence-corrected chi connectivity index (χ0v) is 12.9. The van der Waals surface area contributed by atoms with E-state index < -0.39 is 0 Å². The van der Waals surface area contributed by atoms with Crippen molar-refractivity contribution in [2.45, 2.75) is 13.8 Å². The van der Waals surface area contributed by atoms with Crippen molar-refractivity contribution in [3.8, 4) is 17.6 Å². The molecule has 0 saturated heterocycles. The lowest BCUT2D eigenvalue weighted by atomic mass is 10.0. The zero-order chi connectivity index (χ0) is 15.8. The van der Waals surface area contributed by atoms with Crippen LogP contribution in [0.5, 0.6) is 11.5 Å². The maximum Gasteiger partial charge on any atom is 0.161 e. The van der Waals surface area contributed by atoms with E-state index in [4.69, 9.17) is 9.47 Å². The molecule has 0 saturated carbocycles. The van der Waals surface area contributed by atoms with Crippen LogP contribution in [-0.4, -0.2) is 13.2 Å². The summed E-state index contributed by atoms with van der Waals surface area (Å²) in [6, 6.07) is 17.6. The van der Waals surface area contributed by atoms with E-state index in [9.17, 15) is 5.26 Å². The van der Waals surface area contributed by atoms with Crippen molar-refractivity contribution in [2.24, 2.45) is 0 Å². The summed E-state index contributed by atoms with van der Waals surface area (Å²) in [5, 5.41) is 9.44. The van der Waals surface area contributed by atoms with Crippen LogP contribution in [-0.2, 0) is 0 Å². The van der Waals surface area contributed by atoms with Gasteiger partial charge in [-0.1, -0.05) is 30.3 Å². The molecule has 0 amide bonds. The van der Waals surface area contributed by atoms with Crippen molar-refractivity contribution >= 4 is 11.6 Å². The van der Waals surface area contributed by atoms with Crippen LogP contribution in [0.3, 0.4) is 0 Å². The molecule has 22 heavy (non-hydrogen) atoms. The lowest BCUT2D eigenvalue weighted by Gasteiger charge is -2.12. The molecule has 3 nitrogen and oxygen atoms in total. The van der Waals surface area contributed by atoms with E-state index in [1.807, 2.05) is 68.5 Å². The first kappa shape index (κ1) is 15.7. The molecule has 0 unspecified atom stereocenters. The van der Waals surface area contributed by atoms with Crippen molar-refractivity contribution in [1.82, 2.24) is 0 Å². The Bertz CT molecular complexity index is 684. The molecule has 0 spiro atoms. The second-order valence-corrected chi connectivity index (χ2v) is 4.61. The van der Waals surface area contributed by atoms with Crippen LogP contribution in [0, 0.1) is 11.3 Å². The highest BCUT2D eigenvalue weighted by molar-refractivity contribution is 5.90. The highest BCUT2D eigenvalue weighted by Gasteiger charge is 2.09. The summed E-state index contributed by atoms with van der Waals surface area (Å²) in [7, 11) is 0. The Labute approximate surface area is 131 Å². The normalized spacial score (nSPS) is 10.9. The molecule has 2 aromatic carbocycles. The third-order valence-electron chi connectivity index (χ3n) is 3.09. The molecule has 0 heterocycles. The first-order valence-electron chi connectivity index (χ1n) is 7.35. The lowest BCUT2D eigenvalue weighted by Crippen LogP contribution is -1.99. The van der Waals surface area contributed by atoms with Gasteiger partial charge in [0.15, 0.2) is 11.5 Å². The summed E-state index contributed by atoms with van der Waals surface area (Å²) < 4.78 is 11.2. The van der Waals surface area contributed by atoms with Gasteiger partial charge in [-0.15, -0.1) is 0 Å². The van der Waals surface area contributed by atoms with E-state index in [0.717, 1.165) is 11.1 Å². The number of nitrogens with zero attached hydrogens (tertiary/aromatic N) is 1. The number of rotatable bonds is 6. The van der Waals surface area contributed by atoms with Gasteiger partial charge in [0.25, 0.3) is 0 Å². The monoisotopic (exact) mass is 293 g/mol. The predicted molar refractivity (Wildman–Crippen MR) is 88.7 cm³/mol. The van der Waals surface area contributed by atoms with E-state index in [2.05, 4.69) is 6.07 Å². The first-order chi connectivity index (χ1) is 10.8. The molecule has 0 radical (unpaired) electrons. The third kappa shape index (κ3) is 3.89. The third-order valence-corrected chi connectivity index (χ3v) is 3.09. The van der Waals surface area contributed by atoms with E-state index in [1.54, 1.807) is 0 Å². The molecule has 0 aliphatic carbocycles. The van der Waals surface area contributed by atoms with Crippen LogP contribution in [0.4, 0.5) is 0 Å². The van der Waals surface area contributed by atoms with Gasteiger partial charge in [0.05, 0.1) is 24.9 Å². The summed E-state index contributed by atoms with van der Waals surface area (Å²) in [6.07, 6.45) is 1.87. The second kappa shape index (κ2) is 7.90. The van der Waals surface area contributed by atoms with Gasteiger partial charge in [0.1, 0.15) is 0 Å². The summed E-state index contributed by atoms with van der Waals surface area (Å²) in [6.45, 7) is 4.98. The Morgan fingerprint density at radius 1 is 1.00 bits per heavy atom. The fourth-order valence-corrected chi connectivity index (χ4v) is 2.11. The van der Waals surface area contributed by atoms with E-state index in [0.29, 0.717) is 30.3 Å². The van der Waals surface area contributed by atoms with Gasteiger partial charge >= 0.3 is 0 Å². The Kier molecular flexibility index (Phi) is 5.62. The van der Waals surface area contributed by atoms with E-state index in [-0.39, 0.29) is 0 Å². The van der Waals surface area contributed by atoms with Gasteiger partial charge in [-0.05, 0) is 49.2 Å². The van der Waals surface area contributed by atoms with Crippen LogP contribution in [0.15, 0.2) is 48.5 Å². The lowest BCUT2D eigenvalue weighted by molar-refractivity contribution is 0.287. The second-order valence-electron chi connectivity index (χ2n) is 4.61. The molecule has 0 atom stereocenters. The summed E-state index contributed by atoms with van der Waals surface area (Å²) in [5.41, 5.74) is 2.40. The Morgan fingerprint density at radius 3 is 2.32 bits per heavy atom. The van der Waals surface area contributed by atoms with Gasteiger partial charge < -0.3 is 9.47 Å². The average Bonchev–Trinajstić information content (AvgIpc) is 2.56. The molecule has 0 N–H and O–H groups in total. The van der Waals surface area contributed by atoms with E-state index in [1.165, 1.54) is 0 Å². The summed E-state index contributed by atoms with van der Waals surface area (Å²) in [4.78, 5) is 0. The Hall–Kier alpha value is -2.73. The highest BCUT2D eigenvalue weighted by atomic mass is 16.5. The van der Waals surface area contributed by atoms with Crippen molar-refractivity contribution in [2.75, 3.05) is 13.2 Å². The topological polar surface area (TPSA) is 42.2 Å². The van der Waals surface area contributed by atoms with Crippen molar-refractivity contribution in [3.63, 3.8) is 0 Å². The SMILES string of the molecule is CCOc1ccc(C(C#N)=Cc2ccccc2)cc1OCC. The van der Waals surface area contributed by atoms with Crippen molar-refractivity contribution in [1.29, 1.82) is 5.26 Å². The van der Waals surface area contributed by atoms with E-state index >= 15 is 0 Å². The molecule has 0 aliphatic rings. The van der Waals surface area contributed by atoms with Crippen LogP contribution in [0.25, 0.3) is 11.6 Å². The number of nitriles is 1. The Balaban J connectivity index is 2.40. The molecule has 2 rings (SSSR count). The fraction of sp³-hybridized carbons (Fsp3) is 0.211. The smallest absolute Gasteiger partial charge is 0.161 e. The minimum Gasteiger partial charge on any atom is -0.490 e. The zero-order valence-electron chi connectivity index (χ0n) is 12.9. The number of allylic oxidation sites excluding steroid dienone is 1. The standard InChI is InChI=1S/C19H19NO2/c1-3-21-18-11-10-16(13-19(18)22-4-2)17(14-20)12-15-8-6-5-7-9-15/h5-13H,3-4H2,1-2H3. The molecule has 0 fully saturated rings. The number of ether oxygens (including phenoxy) is 2. The van der Waals surface area contributed by atoms with Gasteiger partial charge in [-0.2, -0.15) is 5.26 Å². The number of hydrogen-bond donors (Lipinski definition) is 0. The minimum absolute atomic E-state index is 0.549. The van der Waals surface area contributed by atoms with Gasteiger partial charge in [0.2, 0.25) is 0 Å². The molecular weight excluding hydrogens is 274 g/mol. The van der Waals surface area contributed by atoms with Gasteiger partial charge in [-0.25, -0.2) is 0 Å². The van der Waals surface area contributed by atoms with Crippen LogP contribution < -0.4 is 9.47 Å². The van der Waals surface area contributed by atoms with Gasteiger partial charge in [-0.3, -0.25) is 0 Å². The van der Waals surface area contributed by atoms with Crippen LogP contribution in [0.1, 0.15) is 25.0 Å². The summed E-state index contributed by atoms with van der Waals surface area (Å²) in [5.74, 6) is 1.36. The molecule has 112 valence electrons. The predicted octanol–water partition coefficient (Wildman–Crippen LogP) is 4.55. The molecule has 3 heteroatoms. The average molecular weight is 293 g/mol. The Morgan fingerprint density at radius 2 is 1.68 bits per heavy atom. The molecule has 0 aliphatic heterocycles. The number of hydrogen-bond acceptors (Lipinski definition) is 3. The van der Waals surface area contributed by atoms with Gasteiger partial charge in [0, 0.05) is 0 Å². The first-order valence-corrected chi connectivity index (χ1v) is 7.35. The molecule has 2 aromatic rings. The molecule has 0 bridgehead atoms. The van der Waals surface area contributed by atoms with Crippen molar-refractivity contribution < 1.29 is 9.47 Å². The highest BCUT2D eigenvalue weighted by Crippen LogP contribution is 2.31. The maximum absolute atomic E-state index is 9.44. The molecule has 0 aromatic heterocycles. The summed E-state index contributed by atoms with van der Waals surface area (Å²) >= 11 is 0. The van der Waals surface area contributed by atoms with Crippen LogP contribution in [0.2, 0.25) is 0 Å². The fourth-order valence-electron chi connectivity index (χ4n) is 2.11. The van der Waals surface area contributed by atoms with Crippen LogP contribution >= 0.6 is 0 Å². The van der Waals surface area contributed by atoms with Crippen molar-refractivity contribution in [3.05, 3.63) is 59.7 Å². The largest absolute Gasteiger partial charge is 0.490 e. The quantitative estimate of drug-likeness (QED) is 0.579.